The third-order valence-corrected chi connectivity index (χ3v) is 3.43. The maximum atomic E-state index is 12.3. The van der Waals surface area contributed by atoms with Crippen LogP contribution in [-0.4, -0.2) is 5.91 Å². The van der Waals surface area contributed by atoms with Gasteiger partial charge in [-0.2, -0.15) is 0 Å². The van der Waals surface area contributed by atoms with E-state index >= 15 is 0 Å². The van der Waals surface area contributed by atoms with Crippen molar-refractivity contribution >= 4 is 23.2 Å². The third-order valence-electron chi connectivity index (χ3n) is 3.10. The zero-order valence-corrected chi connectivity index (χ0v) is 12.7. The van der Waals surface area contributed by atoms with E-state index in [2.05, 4.69) is 26.1 Å². The van der Waals surface area contributed by atoms with E-state index in [0.717, 1.165) is 11.3 Å². The first-order valence-corrected chi connectivity index (χ1v) is 6.93. The topological polar surface area (TPSA) is 29.1 Å². The summed E-state index contributed by atoms with van der Waals surface area (Å²) in [4.78, 5) is 12.3. The van der Waals surface area contributed by atoms with E-state index in [1.165, 1.54) is 0 Å². The van der Waals surface area contributed by atoms with Gasteiger partial charge in [0.2, 0.25) is 0 Å². The zero-order chi connectivity index (χ0) is 14.8. The van der Waals surface area contributed by atoms with Gasteiger partial charge >= 0.3 is 0 Å². The summed E-state index contributed by atoms with van der Waals surface area (Å²) >= 11 is 6.05. The number of rotatable bonds is 2. The Balaban J connectivity index is 2.32. The molecule has 0 saturated heterocycles. The fourth-order valence-electron chi connectivity index (χ4n) is 2.08. The summed E-state index contributed by atoms with van der Waals surface area (Å²) in [7, 11) is 0. The number of carbonyl (C=O) groups is 1. The van der Waals surface area contributed by atoms with Crippen molar-refractivity contribution in [2.75, 3.05) is 5.32 Å². The molecule has 0 heterocycles. The SMILES string of the molecule is CC(C)(C)c1ccccc1NC(=O)c1ccccc1Cl. The lowest BCUT2D eigenvalue weighted by Crippen LogP contribution is -2.18. The number of carbonyl (C=O) groups excluding carboxylic acids is 1. The normalized spacial score (nSPS) is 11.2. The Morgan fingerprint density at radius 2 is 1.60 bits per heavy atom. The van der Waals surface area contributed by atoms with Gasteiger partial charge in [0, 0.05) is 5.69 Å². The molecule has 0 spiro atoms. The van der Waals surface area contributed by atoms with E-state index in [1.807, 2.05) is 30.3 Å². The molecule has 2 aromatic carbocycles. The predicted octanol–water partition coefficient (Wildman–Crippen LogP) is 4.89. The van der Waals surface area contributed by atoms with E-state index in [9.17, 15) is 4.79 Å². The molecule has 20 heavy (non-hydrogen) atoms. The van der Waals surface area contributed by atoms with Crippen LogP contribution in [0.5, 0.6) is 0 Å². The van der Waals surface area contributed by atoms with Gasteiger partial charge in [-0.15, -0.1) is 0 Å². The van der Waals surface area contributed by atoms with Gasteiger partial charge in [0.15, 0.2) is 0 Å². The summed E-state index contributed by atoms with van der Waals surface area (Å²) in [6.45, 7) is 6.36. The van der Waals surface area contributed by atoms with Gasteiger partial charge in [-0.25, -0.2) is 0 Å². The number of hydrogen-bond donors (Lipinski definition) is 1. The number of benzene rings is 2. The Morgan fingerprint density at radius 1 is 1.00 bits per heavy atom. The van der Waals surface area contributed by atoms with E-state index in [1.54, 1.807) is 18.2 Å². The molecular weight excluding hydrogens is 270 g/mol. The minimum absolute atomic E-state index is 0.0373. The second kappa shape index (κ2) is 5.68. The van der Waals surface area contributed by atoms with E-state index < -0.39 is 0 Å². The highest BCUT2D eigenvalue weighted by Crippen LogP contribution is 2.29. The highest BCUT2D eigenvalue weighted by molar-refractivity contribution is 6.34. The highest BCUT2D eigenvalue weighted by Gasteiger charge is 2.19. The van der Waals surface area contributed by atoms with Gasteiger partial charge in [-0.05, 0) is 29.2 Å². The van der Waals surface area contributed by atoms with E-state index in [4.69, 9.17) is 11.6 Å². The van der Waals surface area contributed by atoms with Gasteiger partial charge in [0.1, 0.15) is 0 Å². The van der Waals surface area contributed by atoms with Crippen LogP contribution >= 0.6 is 11.6 Å². The van der Waals surface area contributed by atoms with Gasteiger partial charge < -0.3 is 5.32 Å². The first kappa shape index (κ1) is 14.6. The van der Waals surface area contributed by atoms with E-state index in [-0.39, 0.29) is 11.3 Å². The quantitative estimate of drug-likeness (QED) is 0.837. The Morgan fingerprint density at radius 3 is 2.25 bits per heavy atom. The Bertz CT molecular complexity index is 629. The van der Waals surface area contributed by atoms with Crippen LogP contribution in [0.3, 0.4) is 0 Å². The molecular formula is C17H18ClNO. The molecule has 3 heteroatoms. The molecule has 0 fully saturated rings. The summed E-state index contributed by atoms with van der Waals surface area (Å²) in [5.74, 6) is -0.188. The molecule has 2 aromatic rings. The van der Waals surface area contributed by atoms with Crippen molar-refractivity contribution in [2.45, 2.75) is 26.2 Å². The molecule has 2 nitrogen and oxygen atoms in total. The molecule has 0 aliphatic rings. The molecule has 0 radical (unpaired) electrons. The Labute approximate surface area is 124 Å². The van der Waals surface area contributed by atoms with Gasteiger partial charge in [-0.3, -0.25) is 4.79 Å². The lowest BCUT2D eigenvalue weighted by molar-refractivity contribution is 0.102. The lowest BCUT2D eigenvalue weighted by Gasteiger charge is -2.23. The molecule has 0 aliphatic carbocycles. The second-order valence-corrected chi connectivity index (χ2v) is 6.14. The molecule has 0 unspecified atom stereocenters. The minimum atomic E-state index is -0.188. The number of para-hydroxylation sites is 1. The molecule has 0 aromatic heterocycles. The van der Waals surface area contributed by atoms with Gasteiger partial charge in [0.25, 0.3) is 5.91 Å². The molecule has 1 amide bonds. The van der Waals surface area contributed by atoms with Crippen LogP contribution in [0.1, 0.15) is 36.7 Å². The molecule has 0 aliphatic heterocycles. The molecule has 1 N–H and O–H groups in total. The van der Waals surface area contributed by atoms with Crippen molar-refractivity contribution in [1.82, 2.24) is 0 Å². The summed E-state index contributed by atoms with van der Waals surface area (Å²) in [5.41, 5.74) is 2.37. The van der Waals surface area contributed by atoms with Crippen LogP contribution in [0, 0.1) is 0 Å². The first-order chi connectivity index (χ1) is 9.39. The molecule has 104 valence electrons. The lowest BCUT2D eigenvalue weighted by atomic mass is 9.86. The van der Waals surface area contributed by atoms with Crippen molar-refractivity contribution in [3.63, 3.8) is 0 Å². The van der Waals surface area contributed by atoms with Crippen LogP contribution in [0.25, 0.3) is 0 Å². The summed E-state index contributed by atoms with van der Waals surface area (Å²) in [6.07, 6.45) is 0. The first-order valence-electron chi connectivity index (χ1n) is 6.55. The molecule has 2 rings (SSSR count). The fraction of sp³-hybridized carbons (Fsp3) is 0.235. The smallest absolute Gasteiger partial charge is 0.257 e. The van der Waals surface area contributed by atoms with Crippen molar-refractivity contribution in [2.24, 2.45) is 0 Å². The number of hydrogen-bond acceptors (Lipinski definition) is 1. The van der Waals surface area contributed by atoms with Crippen molar-refractivity contribution < 1.29 is 4.79 Å². The average molecular weight is 288 g/mol. The number of halogens is 1. The van der Waals surface area contributed by atoms with Crippen LogP contribution in [0.2, 0.25) is 5.02 Å². The molecule has 0 saturated carbocycles. The summed E-state index contributed by atoms with van der Waals surface area (Å²) in [6, 6.07) is 14.9. The van der Waals surface area contributed by atoms with E-state index in [0.29, 0.717) is 10.6 Å². The highest BCUT2D eigenvalue weighted by atomic mass is 35.5. The maximum Gasteiger partial charge on any atom is 0.257 e. The van der Waals surface area contributed by atoms with Crippen LogP contribution in [0.4, 0.5) is 5.69 Å². The van der Waals surface area contributed by atoms with Crippen molar-refractivity contribution in [3.8, 4) is 0 Å². The second-order valence-electron chi connectivity index (χ2n) is 5.73. The molecule has 0 bridgehead atoms. The maximum absolute atomic E-state index is 12.3. The van der Waals surface area contributed by atoms with Crippen molar-refractivity contribution in [3.05, 3.63) is 64.7 Å². The van der Waals surface area contributed by atoms with Gasteiger partial charge in [0.05, 0.1) is 10.6 Å². The van der Waals surface area contributed by atoms with Crippen LogP contribution < -0.4 is 5.32 Å². The summed E-state index contributed by atoms with van der Waals surface area (Å²) < 4.78 is 0. The summed E-state index contributed by atoms with van der Waals surface area (Å²) in [5, 5.41) is 3.41. The number of anilines is 1. The minimum Gasteiger partial charge on any atom is -0.322 e. The standard InChI is InChI=1S/C17H18ClNO/c1-17(2,3)13-9-5-7-11-15(13)19-16(20)12-8-4-6-10-14(12)18/h4-11H,1-3H3,(H,19,20). The van der Waals surface area contributed by atoms with Crippen molar-refractivity contribution in [1.29, 1.82) is 0 Å². The van der Waals surface area contributed by atoms with Crippen LogP contribution in [0.15, 0.2) is 48.5 Å². The fourth-order valence-corrected chi connectivity index (χ4v) is 2.30. The average Bonchev–Trinajstić information content (AvgIpc) is 2.38. The Kier molecular flexibility index (Phi) is 4.15. The molecule has 0 atom stereocenters. The third kappa shape index (κ3) is 3.20. The number of amides is 1. The number of nitrogens with one attached hydrogen (secondary N) is 1. The van der Waals surface area contributed by atoms with Gasteiger partial charge in [-0.1, -0.05) is 62.7 Å². The monoisotopic (exact) mass is 287 g/mol. The zero-order valence-electron chi connectivity index (χ0n) is 11.9. The predicted molar refractivity (Wildman–Crippen MR) is 84.5 cm³/mol. The Hall–Kier alpha value is -1.80. The van der Waals surface area contributed by atoms with Crippen LogP contribution in [-0.2, 0) is 5.41 Å². The largest absolute Gasteiger partial charge is 0.322 e.